The molecule has 11 rings (SSSR count). The Morgan fingerprint density at radius 1 is 0.527 bits per heavy atom. The van der Waals surface area contributed by atoms with Crippen LogP contribution in [0.1, 0.15) is 36.3 Å². The van der Waals surface area contributed by atoms with Gasteiger partial charge >= 0.3 is 0 Å². The lowest BCUT2D eigenvalue weighted by atomic mass is 9.88. The Kier molecular flexibility index (Phi) is 7.67. The Balaban J connectivity index is 1.07. The average Bonchev–Trinajstić information content (AvgIpc) is 3.65. The topological polar surface area (TPSA) is 25.8 Å². The van der Waals surface area contributed by atoms with Crippen molar-refractivity contribution in [2.75, 3.05) is 0 Å². The monoisotopic (exact) mass is 720 g/mol. The predicted octanol–water partition coefficient (Wildman–Crippen LogP) is 14.6. The van der Waals surface area contributed by atoms with Crippen molar-refractivity contribution in [2.24, 2.45) is 0 Å². The summed E-state index contributed by atoms with van der Waals surface area (Å²) in [4.78, 5) is 10.3. The molecule has 0 amide bonds. The van der Waals surface area contributed by atoms with Crippen LogP contribution in [0.15, 0.2) is 176 Å². The van der Waals surface area contributed by atoms with Gasteiger partial charge in [0.2, 0.25) is 0 Å². The van der Waals surface area contributed by atoms with Crippen LogP contribution in [-0.2, 0) is 0 Å². The van der Waals surface area contributed by atoms with E-state index in [0.717, 1.165) is 52.3 Å². The van der Waals surface area contributed by atoms with Crippen LogP contribution in [0.2, 0.25) is 0 Å². The van der Waals surface area contributed by atoms with Gasteiger partial charge in [-0.15, -0.1) is 11.3 Å². The summed E-state index contributed by atoms with van der Waals surface area (Å²) < 4.78 is 2.74. The molecule has 9 aromatic rings. The fourth-order valence-corrected chi connectivity index (χ4v) is 10.1. The molecule has 7 aromatic carbocycles. The first-order valence-electron chi connectivity index (χ1n) is 19.2. The van der Waals surface area contributed by atoms with Gasteiger partial charge in [0.05, 0.1) is 22.9 Å². The molecule has 1 atom stereocenters. The number of hydrogen-bond donors (Lipinski definition) is 0. The summed E-state index contributed by atoms with van der Waals surface area (Å²) in [6, 6.07) is 46.7. The molecule has 0 N–H and O–H groups in total. The van der Waals surface area contributed by atoms with Gasteiger partial charge in [-0.1, -0.05) is 146 Å². The normalized spacial score (nSPS) is 15.5. The molecule has 260 valence electrons. The molecule has 1 unspecified atom stereocenters. The van der Waals surface area contributed by atoms with Gasteiger partial charge < -0.3 is 0 Å². The lowest BCUT2D eigenvalue weighted by molar-refractivity contribution is 0.864. The third-order valence-electron chi connectivity index (χ3n) is 11.5. The minimum Gasteiger partial charge on any atom is -0.252 e. The summed E-state index contributed by atoms with van der Waals surface area (Å²) in [6.45, 7) is 0. The number of aromatic nitrogens is 2. The van der Waals surface area contributed by atoms with Gasteiger partial charge in [-0.3, -0.25) is 4.98 Å². The summed E-state index contributed by atoms with van der Waals surface area (Å²) in [7, 11) is 0. The highest BCUT2D eigenvalue weighted by Crippen LogP contribution is 2.47. The fraction of sp³-hybridized carbons (Fsp3) is 0.0769. The van der Waals surface area contributed by atoms with Crippen molar-refractivity contribution in [1.82, 2.24) is 9.97 Å². The van der Waals surface area contributed by atoms with Crippen LogP contribution < -0.4 is 0 Å². The van der Waals surface area contributed by atoms with Crippen LogP contribution in [0.5, 0.6) is 0 Å². The third-order valence-corrected chi connectivity index (χ3v) is 12.8. The van der Waals surface area contributed by atoms with E-state index in [1.165, 1.54) is 69.9 Å². The smallest absolute Gasteiger partial charge is 0.0979 e. The van der Waals surface area contributed by atoms with Gasteiger partial charge in [0.25, 0.3) is 0 Å². The Morgan fingerprint density at radius 3 is 1.98 bits per heavy atom. The van der Waals surface area contributed by atoms with Crippen molar-refractivity contribution in [2.45, 2.75) is 25.2 Å². The number of allylic oxidation sites excluding steroid dienone is 8. The van der Waals surface area contributed by atoms with Crippen LogP contribution >= 0.6 is 11.3 Å². The van der Waals surface area contributed by atoms with E-state index in [1.807, 2.05) is 17.5 Å². The number of nitrogens with zero attached hydrogens (tertiary/aromatic N) is 2. The summed E-state index contributed by atoms with van der Waals surface area (Å²) in [5, 5.41) is 7.36. The van der Waals surface area contributed by atoms with Crippen molar-refractivity contribution in [3.8, 4) is 33.5 Å². The molecule has 2 heterocycles. The van der Waals surface area contributed by atoms with Crippen LogP contribution in [0.3, 0.4) is 0 Å². The van der Waals surface area contributed by atoms with Gasteiger partial charge in [-0.25, -0.2) is 4.98 Å². The molecule has 0 saturated carbocycles. The maximum atomic E-state index is 5.27. The Labute approximate surface area is 324 Å². The van der Waals surface area contributed by atoms with Crippen molar-refractivity contribution in [1.29, 1.82) is 0 Å². The fourth-order valence-electron chi connectivity index (χ4n) is 8.72. The van der Waals surface area contributed by atoms with Crippen molar-refractivity contribution in [3.05, 3.63) is 187 Å². The number of thiophene rings is 1. The van der Waals surface area contributed by atoms with Crippen molar-refractivity contribution in [3.63, 3.8) is 0 Å². The van der Waals surface area contributed by atoms with Crippen molar-refractivity contribution < 1.29 is 0 Å². The molecular formula is C52H36N2S. The molecule has 0 spiro atoms. The van der Waals surface area contributed by atoms with E-state index >= 15 is 0 Å². The van der Waals surface area contributed by atoms with Gasteiger partial charge in [0, 0.05) is 48.0 Å². The average molecular weight is 721 g/mol. The molecule has 0 fully saturated rings. The van der Waals surface area contributed by atoms with Crippen LogP contribution in [-0.4, -0.2) is 9.97 Å². The van der Waals surface area contributed by atoms with E-state index < -0.39 is 0 Å². The van der Waals surface area contributed by atoms with Gasteiger partial charge in [0.15, 0.2) is 0 Å². The summed E-state index contributed by atoms with van der Waals surface area (Å²) in [5.41, 5.74) is 13.0. The first-order valence-corrected chi connectivity index (χ1v) is 20.0. The minimum absolute atomic E-state index is 0.324. The minimum atomic E-state index is 0.324. The standard InChI is InChI=1S/C52H36N2S/c1-4-14-33(15-5-1)38-28-44(35-16-6-2-7-17-35)51-46(30-38)47-31-39(29-45(52(47)55-51)36-18-8-3-9-19-36)34-24-26-37(27-25-34)48-32-53-49-42-22-12-10-20-40(42)41-21-11-13-23-43(41)50(49)54-48/h1-4,6-14,16-18,20-32,36H,5,15,19H2. The second kappa shape index (κ2) is 13.2. The molecule has 0 aliphatic heterocycles. The number of benzene rings is 7. The van der Waals surface area contributed by atoms with Gasteiger partial charge in [-0.2, -0.15) is 0 Å². The summed E-state index contributed by atoms with van der Waals surface area (Å²) in [6.07, 6.45) is 20.9. The number of fused-ring (bicyclic) bond motifs is 9. The maximum absolute atomic E-state index is 5.27. The zero-order valence-corrected chi connectivity index (χ0v) is 31.1. The highest BCUT2D eigenvalue weighted by atomic mass is 32.1. The second-order valence-electron chi connectivity index (χ2n) is 14.7. The third kappa shape index (κ3) is 5.46. The largest absolute Gasteiger partial charge is 0.252 e. The van der Waals surface area contributed by atoms with E-state index in [4.69, 9.17) is 9.97 Å². The maximum Gasteiger partial charge on any atom is 0.0979 e. The molecule has 2 aliphatic rings. The SMILES string of the molecule is C1=CCCC(c2cc(-c3ccccc3)c3sc4c(C5C=CC=CC5)cc(-c5ccc(-c6cnc7c8ccccc8c8ccccc8c7n6)cc5)cc4c3c2)=C1. The van der Waals surface area contributed by atoms with Crippen LogP contribution in [0.25, 0.3) is 91.8 Å². The molecular weight excluding hydrogens is 685 g/mol. The predicted molar refractivity (Wildman–Crippen MR) is 236 cm³/mol. The quantitative estimate of drug-likeness (QED) is 0.165. The zero-order chi connectivity index (χ0) is 36.3. The lowest BCUT2D eigenvalue weighted by Crippen LogP contribution is -1.97. The Morgan fingerprint density at radius 2 is 1.24 bits per heavy atom. The van der Waals surface area contributed by atoms with E-state index in [1.54, 1.807) is 0 Å². The first-order chi connectivity index (χ1) is 27.3. The van der Waals surface area contributed by atoms with Crippen molar-refractivity contribution >= 4 is 69.7 Å². The van der Waals surface area contributed by atoms with E-state index in [-0.39, 0.29) is 0 Å². The molecule has 55 heavy (non-hydrogen) atoms. The second-order valence-corrected chi connectivity index (χ2v) is 15.8. The van der Waals surface area contributed by atoms with Gasteiger partial charge in [0.1, 0.15) is 0 Å². The summed E-state index contributed by atoms with van der Waals surface area (Å²) in [5.74, 6) is 0.324. The molecule has 0 saturated heterocycles. The molecule has 2 nitrogen and oxygen atoms in total. The molecule has 2 aromatic heterocycles. The molecule has 3 heteroatoms. The number of hydrogen-bond acceptors (Lipinski definition) is 3. The summed E-state index contributed by atoms with van der Waals surface area (Å²) >= 11 is 1.96. The first kappa shape index (κ1) is 32.0. The molecule has 2 aliphatic carbocycles. The molecule has 0 bridgehead atoms. The molecule has 0 radical (unpaired) electrons. The Hall–Kier alpha value is -6.42. The highest BCUT2D eigenvalue weighted by Gasteiger charge is 2.21. The highest BCUT2D eigenvalue weighted by molar-refractivity contribution is 7.26. The zero-order valence-electron chi connectivity index (χ0n) is 30.2. The lowest BCUT2D eigenvalue weighted by Gasteiger charge is -2.17. The van der Waals surface area contributed by atoms with E-state index in [2.05, 4.69) is 170 Å². The van der Waals surface area contributed by atoms with Crippen LogP contribution in [0.4, 0.5) is 0 Å². The van der Waals surface area contributed by atoms with E-state index in [9.17, 15) is 0 Å². The number of rotatable bonds is 5. The van der Waals surface area contributed by atoms with Crippen LogP contribution in [0, 0.1) is 0 Å². The Bertz CT molecular complexity index is 3070. The van der Waals surface area contributed by atoms with Gasteiger partial charge in [-0.05, 0) is 87.7 Å². The van der Waals surface area contributed by atoms with E-state index in [0.29, 0.717) is 5.92 Å².